The third-order valence-corrected chi connectivity index (χ3v) is 3.35. The molecule has 2 N–H and O–H groups in total. The molecule has 0 unspecified atom stereocenters. The van der Waals surface area contributed by atoms with Gasteiger partial charge in [0.25, 0.3) is 0 Å². The summed E-state index contributed by atoms with van der Waals surface area (Å²) in [5, 5.41) is 14.0. The first-order valence-electron chi connectivity index (χ1n) is 6.70. The maximum absolute atomic E-state index is 12.0. The molecule has 2 amide bonds. The van der Waals surface area contributed by atoms with E-state index in [0.29, 0.717) is 16.9 Å². The summed E-state index contributed by atoms with van der Waals surface area (Å²) in [5.74, 6) is -1.59. The monoisotopic (exact) mass is 293 g/mol. The molecule has 2 aromatic carbocycles. The van der Waals surface area contributed by atoms with Crippen LogP contribution in [0, 0.1) is 25.2 Å². The number of rotatable bonds is 2. The van der Waals surface area contributed by atoms with Gasteiger partial charge in [-0.2, -0.15) is 5.26 Å². The van der Waals surface area contributed by atoms with Crippen molar-refractivity contribution in [3.63, 3.8) is 0 Å². The summed E-state index contributed by atoms with van der Waals surface area (Å²) in [6.45, 7) is 3.79. The van der Waals surface area contributed by atoms with E-state index in [9.17, 15) is 9.59 Å². The second-order valence-electron chi connectivity index (χ2n) is 4.81. The lowest BCUT2D eigenvalue weighted by Crippen LogP contribution is -2.29. The Bertz CT molecular complexity index is 776. The molecule has 0 spiro atoms. The smallest absolute Gasteiger partial charge is 0.314 e. The van der Waals surface area contributed by atoms with Crippen molar-refractivity contribution in [2.24, 2.45) is 0 Å². The molecule has 0 aromatic heterocycles. The van der Waals surface area contributed by atoms with Crippen molar-refractivity contribution >= 4 is 23.2 Å². The Kier molecular flexibility index (Phi) is 4.54. The number of anilines is 2. The van der Waals surface area contributed by atoms with Crippen LogP contribution in [-0.2, 0) is 9.59 Å². The van der Waals surface area contributed by atoms with E-state index in [-0.39, 0.29) is 0 Å². The van der Waals surface area contributed by atoms with Gasteiger partial charge in [-0.3, -0.25) is 9.59 Å². The topological polar surface area (TPSA) is 82.0 Å². The van der Waals surface area contributed by atoms with Crippen molar-refractivity contribution in [3.8, 4) is 6.07 Å². The molecule has 0 aliphatic rings. The molecular formula is C17H15N3O2. The second-order valence-corrected chi connectivity index (χ2v) is 4.81. The highest BCUT2D eigenvalue weighted by Crippen LogP contribution is 2.18. The Hall–Kier alpha value is -3.13. The highest BCUT2D eigenvalue weighted by Gasteiger charge is 2.16. The average molecular weight is 293 g/mol. The molecule has 2 rings (SSSR count). The van der Waals surface area contributed by atoms with Crippen LogP contribution in [0.3, 0.4) is 0 Å². The number of nitrogens with one attached hydrogen (secondary N) is 2. The molecule has 0 heterocycles. The summed E-state index contributed by atoms with van der Waals surface area (Å²) in [6, 6.07) is 13.9. The first-order valence-corrected chi connectivity index (χ1v) is 6.70. The first kappa shape index (κ1) is 15.3. The Morgan fingerprint density at radius 3 is 2.18 bits per heavy atom. The normalized spacial score (nSPS) is 9.68. The summed E-state index contributed by atoms with van der Waals surface area (Å²) in [7, 11) is 0. The van der Waals surface area contributed by atoms with Gasteiger partial charge in [0.1, 0.15) is 6.07 Å². The Morgan fingerprint density at radius 1 is 0.909 bits per heavy atom. The standard InChI is InChI=1S/C17H15N3O2/c1-11-6-5-9-14(12(11)2)19-16(21)17(22)20-15-8-4-3-7-13(15)10-18/h3-9H,1-2H3,(H,19,21)(H,20,22). The van der Waals surface area contributed by atoms with Crippen LogP contribution in [0.5, 0.6) is 0 Å². The van der Waals surface area contributed by atoms with Crippen molar-refractivity contribution in [2.45, 2.75) is 13.8 Å². The fourth-order valence-electron chi connectivity index (χ4n) is 1.93. The minimum absolute atomic E-state index is 0.301. The van der Waals surface area contributed by atoms with E-state index in [0.717, 1.165) is 11.1 Å². The molecule has 0 atom stereocenters. The van der Waals surface area contributed by atoms with Crippen LogP contribution >= 0.6 is 0 Å². The Morgan fingerprint density at radius 2 is 1.50 bits per heavy atom. The molecule has 0 radical (unpaired) electrons. The predicted molar refractivity (Wildman–Crippen MR) is 84.3 cm³/mol. The Balaban J connectivity index is 2.12. The number of carbonyl (C=O) groups excluding carboxylic acids is 2. The number of amides is 2. The van der Waals surface area contributed by atoms with Crippen LogP contribution in [0.25, 0.3) is 0 Å². The zero-order valence-corrected chi connectivity index (χ0v) is 12.3. The molecule has 22 heavy (non-hydrogen) atoms. The third-order valence-electron chi connectivity index (χ3n) is 3.35. The maximum atomic E-state index is 12.0. The van der Waals surface area contributed by atoms with Crippen molar-refractivity contribution in [2.75, 3.05) is 10.6 Å². The van der Waals surface area contributed by atoms with Gasteiger partial charge < -0.3 is 10.6 Å². The van der Waals surface area contributed by atoms with E-state index in [1.54, 1.807) is 36.4 Å². The van der Waals surface area contributed by atoms with Gasteiger partial charge in [-0.15, -0.1) is 0 Å². The summed E-state index contributed by atoms with van der Waals surface area (Å²) >= 11 is 0. The molecule has 0 saturated heterocycles. The van der Waals surface area contributed by atoms with Crippen LogP contribution in [0.2, 0.25) is 0 Å². The number of nitriles is 1. The van der Waals surface area contributed by atoms with Crippen molar-refractivity contribution < 1.29 is 9.59 Å². The number of nitrogens with zero attached hydrogens (tertiary/aromatic N) is 1. The van der Waals surface area contributed by atoms with E-state index >= 15 is 0 Å². The highest BCUT2D eigenvalue weighted by atomic mass is 16.2. The van der Waals surface area contributed by atoms with Crippen molar-refractivity contribution in [1.29, 1.82) is 5.26 Å². The first-order chi connectivity index (χ1) is 10.5. The lowest BCUT2D eigenvalue weighted by Gasteiger charge is -2.10. The summed E-state index contributed by atoms with van der Waals surface area (Å²) in [5.41, 5.74) is 3.13. The van der Waals surface area contributed by atoms with Crippen LogP contribution in [-0.4, -0.2) is 11.8 Å². The molecule has 110 valence electrons. The van der Waals surface area contributed by atoms with Gasteiger partial charge in [0, 0.05) is 5.69 Å². The van der Waals surface area contributed by atoms with Crippen LogP contribution in [0.15, 0.2) is 42.5 Å². The molecule has 0 aliphatic carbocycles. The van der Waals surface area contributed by atoms with Crippen molar-refractivity contribution in [1.82, 2.24) is 0 Å². The fraction of sp³-hybridized carbons (Fsp3) is 0.118. The van der Waals surface area contributed by atoms with E-state index in [1.165, 1.54) is 0 Å². The predicted octanol–water partition coefficient (Wildman–Crippen LogP) is 2.75. The average Bonchev–Trinajstić information content (AvgIpc) is 2.52. The van der Waals surface area contributed by atoms with Crippen LogP contribution in [0.1, 0.15) is 16.7 Å². The van der Waals surface area contributed by atoms with E-state index in [4.69, 9.17) is 5.26 Å². The molecule has 0 aliphatic heterocycles. The second kappa shape index (κ2) is 6.55. The minimum atomic E-state index is -0.816. The van der Waals surface area contributed by atoms with Gasteiger partial charge in [-0.25, -0.2) is 0 Å². The molecule has 0 saturated carbocycles. The molecule has 5 nitrogen and oxygen atoms in total. The van der Waals surface area contributed by atoms with Gasteiger partial charge in [0.2, 0.25) is 0 Å². The Labute approximate surface area is 128 Å². The summed E-state index contributed by atoms with van der Waals surface area (Å²) in [6.07, 6.45) is 0. The number of carbonyl (C=O) groups is 2. The quantitative estimate of drug-likeness (QED) is 0.835. The van der Waals surface area contributed by atoms with Crippen LogP contribution < -0.4 is 10.6 Å². The molecule has 0 fully saturated rings. The van der Waals surface area contributed by atoms with E-state index in [1.807, 2.05) is 26.0 Å². The van der Waals surface area contributed by atoms with Gasteiger partial charge >= 0.3 is 11.8 Å². The van der Waals surface area contributed by atoms with E-state index in [2.05, 4.69) is 10.6 Å². The van der Waals surface area contributed by atoms with Gasteiger partial charge in [-0.05, 0) is 43.2 Å². The molecule has 0 bridgehead atoms. The SMILES string of the molecule is Cc1cccc(NC(=O)C(=O)Nc2ccccc2C#N)c1C. The minimum Gasteiger partial charge on any atom is -0.318 e. The fourth-order valence-corrected chi connectivity index (χ4v) is 1.93. The van der Waals surface area contributed by atoms with Gasteiger partial charge in [0.05, 0.1) is 11.3 Å². The van der Waals surface area contributed by atoms with E-state index < -0.39 is 11.8 Å². The largest absolute Gasteiger partial charge is 0.318 e. The van der Waals surface area contributed by atoms with Crippen LogP contribution in [0.4, 0.5) is 11.4 Å². The number of hydrogen-bond donors (Lipinski definition) is 2. The summed E-state index contributed by atoms with van der Waals surface area (Å²) < 4.78 is 0. The summed E-state index contributed by atoms with van der Waals surface area (Å²) in [4.78, 5) is 23.9. The number of para-hydroxylation sites is 1. The lowest BCUT2D eigenvalue weighted by molar-refractivity contribution is -0.133. The molecule has 5 heteroatoms. The van der Waals surface area contributed by atoms with Gasteiger partial charge in [0.15, 0.2) is 0 Å². The number of hydrogen-bond acceptors (Lipinski definition) is 3. The molecular weight excluding hydrogens is 278 g/mol. The lowest BCUT2D eigenvalue weighted by atomic mass is 10.1. The zero-order valence-electron chi connectivity index (χ0n) is 12.3. The third kappa shape index (κ3) is 3.30. The number of aryl methyl sites for hydroxylation is 1. The number of benzene rings is 2. The molecule has 2 aromatic rings. The zero-order chi connectivity index (χ0) is 16.1. The van der Waals surface area contributed by atoms with Crippen molar-refractivity contribution in [3.05, 3.63) is 59.2 Å². The highest BCUT2D eigenvalue weighted by molar-refractivity contribution is 6.43. The maximum Gasteiger partial charge on any atom is 0.314 e. The van der Waals surface area contributed by atoms with Gasteiger partial charge in [-0.1, -0.05) is 24.3 Å².